The molecule has 2 heteroatoms. The maximum atomic E-state index is 9.47. The van der Waals surface area contributed by atoms with Crippen LogP contribution in [-0.4, -0.2) is 22.9 Å². The Hall–Kier alpha value is -0.340. The first-order valence-corrected chi connectivity index (χ1v) is 4.05. The molecule has 0 saturated heterocycles. The van der Waals surface area contributed by atoms with Crippen LogP contribution < -0.4 is 0 Å². The third-order valence-corrected chi connectivity index (χ3v) is 1.69. The van der Waals surface area contributed by atoms with E-state index in [1.165, 1.54) is 0 Å². The molecule has 0 aromatic rings. The molecule has 11 heavy (non-hydrogen) atoms. The highest BCUT2D eigenvalue weighted by Crippen LogP contribution is 2.11. The van der Waals surface area contributed by atoms with E-state index in [0.29, 0.717) is 6.42 Å². The van der Waals surface area contributed by atoms with Crippen molar-refractivity contribution in [3.05, 3.63) is 11.6 Å². The molecule has 0 fully saturated rings. The zero-order valence-electron chi connectivity index (χ0n) is 7.54. The summed E-state index contributed by atoms with van der Waals surface area (Å²) in [6, 6.07) is 0. The molecule has 0 aromatic heterocycles. The molecule has 1 atom stereocenters. The van der Waals surface area contributed by atoms with Gasteiger partial charge in [0.1, 0.15) is 0 Å². The van der Waals surface area contributed by atoms with E-state index in [0.717, 1.165) is 5.57 Å². The molecule has 0 aliphatic rings. The highest BCUT2D eigenvalue weighted by molar-refractivity contribution is 5.05. The maximum Gasteiger partial charge on any atom is 0.0770 e. The van der Waals surface area contributed by atoms with E-state index in [2.05, 4.69) is 0 Å². The predicted molar refractivity (Wildman–Crippen MR) is 46.3 cm³/mol. The molecule has 0 spiro atoms. The van der Waals surface area contributed by atoms with Gasteiger partial charge in [-0.1, -0.05) is 19.9 Å². The molecule has 0 saturated carbocycles. The summed E-state index contributed by atoms with van der Waals surface area (Å²) in [5.41, 5.74) is 0.953. The van der Waals surface area contributed by atoms with Crippen LogP contribution in [0.2, 0.25) is 0 Å². The molecule has 0 amide bonds. The van der Waals surface area contributed by atoms with Gasteiger partial charge in [0.2, 0.25) is 0 Å². The molecule has 2 N–H and O–H groups in total. The summed E-state index contributed by atoms with van der Waals surface area (Å²) in [7, 11) is 0. The molecular formula is C9H18O2. The second-order valence-corrected chi connectivity index (χ2v) is 3.15. The second kappa shape index (κ2) is 5.33. The molecule has 0 heterocycles. The minimum Gasteiger partial charge on any atom is -0.396 e. The highest BCUT2D eigenvalue weighted by atomic mass is 16.3. The van der Waals surface area contributed by atoms with Crippen LogP contribution in [0.3, 0.4) is 0 Å². The first kappa shape index (κ1) is 10.7. The SMILES string of the molecule is C/C(=C\CCO)C(O)C(C)C. The lowest BCUT2D eigenvalue weighted by Gasteiger charge is -2.14. The molecular weight excluding hydrogens is 140 g/mol. The number of aliphatic hydroxyl groups excluding tert-OH is 2. The molecule has 0 aliphatic heterocycles. The van der Waals surface area contributed by atoms with Gasteiger partial charge < -0.3 is 10.2 Å². The van der Waals surface area contributed by atoms with Crippen LogP contribution in [0.4, 0.5) is 0 Å². The van der Waals surface area contributed by atoms with Crippen LogP contribution >= 0.6 is 0 Å². The molecule has 0 aliphatic carbocycles. The monoisotopic (exact) mass is 158 g/mol. The Morgan fingerprint density at radius 3 is 2.36 bits per heavy atom. The van der Waals surface area contributed by atoms with Crippen molar-refractivity contribution in [2.75, 3.05) is 6.61 Å². The Kier molecular flexibility index (Phi) is 5.16. The van der Waals surface area contributed by atoms with Gasteiger partial charge in [-0.2, -0.15) is 0 Å². The molecule has 0 rings (SSSR count). The first-order chi connectivity index (χ1) is 5.09. The summed E-state index contributed by atoms with van der Waals surface area (Å²) in [4.78, 5) is 0. The van der Waals surface area contributed by atoms with Crippen molar-refractivity contribution in [2.45, 2.75) is 33.3 Å². The van der Waals surface area contributed by atoms with Gasteiger partial charge in [-0.15, -0.1) is 0 Å². The minimum atomic E-state index is -0.360. The fourth-order valence-electron chi connectivity index (χ4n) is 0.939. The van der Waals surface area contributed by atoms with Crippen molar-refractivity contribution < 1.29 is 10.2 Å². The van der Waals surface area contributed by atoms with Crippen LogP contribution in [0, 0.1) is 5.92 Å². The molecule has 66 valence electrons. The normalized spacial score (nSPS) is 15.6. The van der Waals surface area contributed by atoms with Gasteiger partial charge in [0.25, 0.3) is 0 Å². The van der Waals surface area contributed by atoms with Crippen LogP contribution in [0.25, 0.3) is 0 Å². The smallest absolute Gasteiger partial charge is 0.0770 e. The van der Waals surface area contributed by atoms with E-state index in [9.17, 15) is 5.11 Å². The van der Waals surface area contributed by atoms with Crippen molar-refractivity contribution in [2.24, 2.45) is 5.92 Å². The molecule has 0 aromatic carbocycles. The average molecular weight is 158 g/mol. The van der Waals surface area contributed by atoms with E-state index in [4.69, 9.17) is 5.11 Å². The van der Waals surface area contributed by atoms with Gasteiger partial charge in [-0.3, -0.25) is 0 Å². The van der Waals surface area contributed by atoms with E-state index < -0.39 is 0 Å². The fraction of sp³-hybridized carbons (Fsp3) is 0.778. The van der Waals surface area contributed by atoms with Gasteiger partial charge in [0.15, 0.2) is 0 Å². The number of hydrogen-bond donors (Lipinski definition) is 2. The van der Waals surface area contributed by atoms with Gasteiger partial charge in [0.05, 0.1) is 6.10 Å². The summed E-state index contributed by atoms with van der Waals surface area (Å²) in [5.74, 6) is 0.255. The standard InChI is InChI=1S/C9H18O2/c1-7(2)9(11)8(3)5-4-6-10/h5,7,9-11H,4,6H2,1-3H3/b8-5+. The van der Waals surface area contributed by atoms with Gasteiger partial charge in [-0.25, -0.2) is 0 Å². The van der Waals surface area contributed by atoms with Gasteiger partial charge in [-0.05, 0) is 24.8 Å². The molecule has 0 bridgehead atoms. The van der Waals surface area contributed by atoms with Gasteiger partial charge in [0, 0.05) is 6.61 Å². The van der Waals surface area contributed by atoms with Crippen LogP contribution in [0.1, 0.15) is 27.2 Å². The van der Waals surface area contributed by atoms with Crippen molar-refractivity contribution in [3.8, 4) is 0 Å². The quantitative estimate of drug-likeness (QED) is 0.606. The zero-order valence-corrected chi connectivity index (χ0v) is 7.54. The number of aliphatic hydroxyl groups is 2. The van der Waals surface area contributed by atoms with E-state index in [-0.39, 0.29) is 18.6 Å². The van der Waals surface area contributed by atoms with Crippen LogP contribution in [0.5, 0.6) is 0 Å². The van der Waals surface area contributed by atoms with Crippen molar-refractivity contribution >= 4 is 0 Å². The number of hydrogen-bond acceptors (Lipinski definition) is 2. The fourth-order valence-corrected chi connectivity index (χ4v) is 0.939. The Morgan fingerprint density at radius 2 is 2.00 bits per heavy atom. The minimum absolute atomic E-state index is 0.155. The largest absolute Gasteiger partial charge is 0.396 e. The lowest BCUT2D eigenvalue weighted by atomic mass is 10.00. The second-order valence-electron chi connectivity index (χ2n) is 3.15. The number of rotatable bonds is 4. The van der Waals surface area contributed by atoms with E-state index in [1.807, 2.05) is 26.8 Å². The third kappa shape index (κ3) is 4.17. The maximum absolute atomic E-state index is 9.47. The summed E-state index contributed by atoms with van der Waals surface area (Å²) in [5, 5.41) is 18.0. The summed E-state index contributed by atoms with van der Waals surface area (Å²) in [6.07, 6.45) is 2.15. The van der Waals surface area contributed by atoms with Crippen LogP contribution in [-0.2, 0) is 0 Å². The Labute approximate surface area is 68.6 Å². The highest BCUT2D eigenvalue weighted by Gasteiger charge is 2.09. The Morgan fingerprint density at radius 1 is 1.45 bits per heavy atom. The van der Waals surface area contributed by atoms with Crippen molar-refractivity contribution in [1.82, 2.24) is 0 Å². The predicted octanol–water partition coefficient (Wildman–Crippen LogP) is 1.33. The summed E-state index contributed by atoms with van der Waals surface area (Å²) < 4.78 is 0. The van der Waals surface area contributed by atoms with Crippen molar-refractivity contribution in [3.63, 3.8) is 0 Å². The van der Waals surface area contributed by atoms with E-state index in [1.54, 1.807) is 0 Å². The zero-order chi connectivity index (χ0) is 8.85. The lowest BCUT2D eigenvalue weighted by molar-refractivity contribution is 0.159. The van der Waals surface area contributed by atoms with Crippen molar-refractivity contribution in [1.29, 1.82) is 0 Å². The Balaban J connectivity index is 3.89. The average Bonchev–Trinajstić information content (AvgIpc) is 1.98. The summed E-state index contributed by atoms with van der Waals surface area (Å²) in [6.45, 7) is 5.99. The van der Waals surface area contributed by atoms with Gasteiger partial charge >= 0.3 is 0 Å². The van der Waals surface area contributed by atoms with Crippen LogP contribution in [0.15, 0.2) is 11.6 Å². The summed E-state index contributed by atoms with van der Waals surface area (Å²) >= 11 is 0. The lowest BCUT2D eigenvalue weighted by Crippen LogP contribution is -2.15. The Bertz CT molecular complexity index is 128. The molecule has 2 nitrogen and oxygen atoms in total. The first-order valence-electron chi connectivity index (χ1n) is 4.05. The van der Waals surface area contributed by atoms with E-state index >= 15 is 0 Å². The molecule has 1 unspecified atom stereocenters. The third-order valence-electron chi connectivity index (χ3n) is 1.69. The molecule has 0 radical (unpaired) electrons. The topological polar surface area (TPSA) is 40.5 Å².